The Labute approximate surface area is 157 Å². The number of ether oxygens (including phenoxy) is 1. The molecule has 4 rings (SSSR count). The molecule has 3 heterocycles. The predicted octanol–water partition coefficient (Wildman–Crippen LogP) is 3.12. The number of amides is 1. The van der Waals surface area contributed by atoms with Gasteiger partial charge in [0.05, 0.1) is 11.8 Å². The lowest BCUT2D eigenvalue weighted by Crippen LogP contribution is -2.44. The molecule has 1 aromatic carbocycles. The lowest BCUT2D eigenvalue weighted by atomic mass is 10.0. The molecule has 1 aliphatic rings. The van der Waals surface area contributed by atoms with Crippen LogP contribution in [0, 0.1) is 6.92 Å². The zero-order valence-electron chi connectivity index (χ0n) is 15.1. The van der Waals surface area contributed by atoms with Crippen molar-refractivity contribution in [2.75, 3.05) is 13.1 Å². The highest BCUT2D eigenvalue weighted by molar-refractivity contribution is 6.44. The van der Waals surface area contributed by atoms with Crippen LogP contribution in [0.4, 0.5) is 0 Å². The number of aromatic nitrogens is 2. The minimum atomic E-state index is -0.463. The Hall–Kier alpha value is -3.15. The van der Waals surface area contributed by atoms with Crippen molar-refractivity contribution in [1.29, 1.82) is 0 Å². The quantitative estimate of drug-likeness (QED) is 0.571. The van der Waals surface area contributed by atoms with Crippen LogP contribution in [0.5, 0.6) is 5.75 Å². The fraction of sp³-hybridized carbons (Fsp3) is 0.286. The maximum atomic E-state index is 12.7. The van der Waals surface area contributed by atoms with Crippen LogP contribution >= 0.6 is 0 Å². The molecule has 6 heteroatoms. The van der Waals surface area contributed by atoms with Crippen LogP contribution in [0.25, 0.3) is 10.9 Å². The minimum Gasteiger partial charge on any atom is -0.489 e. The molecule has 2 aromatic heterocycles. The van der Waals surface area contributed by atoms with Gasteiger partial charge in [-0.15, -0.1) is 0 Å². The summed E-state index contributed by atoms with van der Waals surface area (Å²) in [5.74, 6) is -0.176. The molecule has 0 spiro atoms. The second-order valence-electron chi connectivity index (χ2n) is 6.82. The average Bonchev–Trinajstić information content (AvgIpc) is 3.13. The second-order valence-corrected chi connectivity index (χ2v) is 6.82. The van der Waals surface area contributed by atoms with Crippen molar-refractivity contribution in [2.24, 2.45) is 0 Å². The maximum Gasteiger partial charge on any atom is 0.295 e. The van der Waals surface area contributed by atoms with Gasteiger partial charge in [-0.3, -0.25) is 14.6 Å². The van der Waals surface area contributed by atoms with Crippen LogP contribution in [0.15, 0.2) is 48.8 Å². The Kier molecular flexibility index (Phi) is 4.62. The highest BCUT2D eigenvalue weighted by atomic mass is 16.5. The number of carbonyl (C=O) groups excluding carboxylic acids is 2. The third-order valence-corrected chi connectivity index (χ3v) is 4.94. The lowest BCUT2D eigenvalue weighted by Gasteiger charge is -2.31. The fourth-order valence-electron chi connectivity index (χ4n) is 3.41. The summed E-state index contributed by atoms with van der Waals surface area (Å²) in [6.07, 6.45) is 4.75. The predicted molar refractivity (Wildman–Crippen MR) is 102 cm³/mol. The van der Waals surface area contributed by atoms with Gasteiger partial charge in [0.25, 0.3) is 11.7 Å². The van der Waals surface area contributed by atoms with E-state index in [1.54, 1.807) is 17.3 Å². The number of benzene rings is 1. The summed E-state index contributed by atoms with van der Waals surface area (Å²) in [6, 6.07) is 11.3. The molecular weight excluding hydrogens is 342 g/mol. The molecule has 1 fully saturated rings. The topological polar surface area (TPSA) is 75.3 Å². The van der Waals surface area contributed by atoms with Gasteiger partial charge in [-0.1, -0.05) is 18.2 Å². The second kappa shape index (κ2) is 7.23. The Morgan fingerprint density at radius 2 is 1.93 bits per heavy atom. The van der Waals surface area contributed by atoms with Gasteiger partial charge in [-0.05, 0) is 25.1 Å². The van der Waals surface area contributed by atoms with Gasteiger partial charge in [0, 0.05) is 48.7 Å². The summed E-state index contributed by atoms with van der Waals surface area (Å²) in [6.45, 7) is 2.95. The Morgan fingerprint density at radius 1 is 1.15 bits per heavy atom. The summed E-state index contributed by atoms with van der Waals surface area (Å²) < 4.78 is 5.94. The minimum absolute atomic E-state index is 0.0294. The first-order chi connectivity index (χ1) is 13.1. The fourth-order valence-corrected chi connectivity index (χ4v) is 3.41. The average molecular weight is 363 g/mol. The molecule has 0 unspecified atom stereocenters. The van der Waals surface area contributed by atoms with E-state index in [1.165, 1.54) is 0 Å². The number of Topliss-reactive ketones (excluding diaryl/α,β-unsaturated/α-hetero) is 1. The Bertz CT molecular complexity index is 970. The van der Waals surface area contributed by atoms with Gasteiger partial charge in [-0.25, -0.2) is 0 Å². The molecule has 138 valence electrons. The van der Waals surface area contributed by atoms with Crippen LogP contribution < -0.4 is 4.74 Å². The van der Waals surface area contributed by atoms with E-state index in [-0.39, 0.29) is 6.10 Å². The van der Waals surface area contributed by atoms with Crippen molar-refractivity contribution in [2.45, 2.75) is 25.9 Å². The number of fused-ring (bicyclic) bond motifs is 1. The molecule has 0 atom stereocenters. The molecule has 1 N–H and O–H groups in total. The molecule has 0 bridgehead atoms. The first kappa shape index (κ1) is 17.3. The summed E-state index contributed by atoms with van der Waals surface area (Å²) in [5.41, 5.74) is 2.23. The number of piperidine rings is 1. The van der Waals surface area contributed by atoms with E-state index in [1.807, 2.05) is 43.3 Å². The van der Waals surface area contributed by atoms with Crippen LogP contribution in [0.1, 0.15) is 28.9 Å². The van der Waals surface area contributed by atoms with E-state index >= 15 is 0 Å². The van der Waals surface area contributed by atoms with Gasteiger partial charge in [0.1, 0.15) is 11.9 Å². The highest BCUT2D eigenvalue weighted by Gasteiger charge is 2.29. The first-order valence-electron chi connectivity index (χ1n) is 9.11. The number of H-pyrrole nitrogens is 1. The zero-order valence-corrected chi connectivity index (χ0v) is 15.1. The summed E-state index contributed by atoms with van der Waals surface area (Å²) >= 11 is 0. The normalized spacial score (nSPS) is 15.1. The summed E-state index contributed by atoms with van der Waals surface area (Å²) in [7, 11) is 0. The number of nitrogens with one attached hydrogen (secondary N) is 1. The number of hydrogen-bond donors (Lipinski definition) is 1. The van der Waals surface area contributed by atoms with Crippen LogP contribution in [-0.4, -0.2) is 45.8 Å². The number of hydrogen-bond acceptors (Lipinski definition) is 4. The van der Waals surface area contributed by atoms with Crippen LogP contribution in [0.2, 0.25) is 0 Å². The monoisotopic (exact) mass is 363 g/mol. The maximum absolute atomic E-state index is 12.7. The lowest BCUT2D eigenvalue weighted by molar-refractivity contribution is -0.128. The molecule has 0 aliphatic carbocycles. The SMILES string of the molecule is Cc1ccc(OC2CCN(C(=O)C(=O)c3c[nH]c4ccccc34)CC2)cn1. The van der Waals surface area contributed by atoms with Crippen molar-refractivity contribution in [3.8, 4) is 5.75 Å². The number of aryl methyl sites for hydroxylation is 1. The highest BCUT2D eigenvalue weighted by Crippen LogP contribution is 2.22. The number of para-hydroxylation sites is 1. The van der Waals surface area contributed by atoms with Gasteiger partial charge >= 0.3 is 0 Å². The Morgan fingerprint density at radius 3 is 2.67 bits per heavy atom. The Balaban J connectivity index is 1.38. The smallest absolute Gasteiger partial charge is 0.295 e. The molecule has 1 aliphatic heterocycles. The standard InChI is InChI=1S/C21H21N3O3/c1-14-6-7-16(12-22-14)27-15-8-10-24(11-9-15)21(26)20(25)18-13-23-19-5-3-2-4-17(18)19/h2-7,12-13,15,23H,8-11H2,1H3. The van der Waals surface area contributed by atoms with Gasteiger partial charge < -0.3 is 14.6 Å². The van der Waals surface area contributed by atoms with E-state index in [0.717, 1.165) is 22.3 Å². The number of pyridine rings is 1. The molecule has 1 amide bonds. The number of carbonyl (C=O) groups is 2. The van der Waals surface area contributed by atoms with Crippen molar-refractivity contribution in [1.82, 2.24) is 14.9 Å². The number of aromatic amines is 1. The molecule has 6 nitrogen and oxygen atoms in total. The molecule has 3 aromatic rings. The van der Waals surface area contributed by atoms with Crippen LogP contribution in [0.3, 0.4) is 0 Å². The number of rotatable bonds is 4. The van der Waals surface area contributed by atoms with Crippen molar-refractivity contribution in [3.05, 3.63) is 60.0 Å². The van der Waals surface area contributed by atoms with E-state index < -0.39 is 11.7 Å². The van der Waals surface area contributed by atoms with Gasteiger partial charge in [-0.2, -0.15) is 0 Å². The van der Waals surface area contributed by atoms with Crippen molar-refractivity contribution < 1.29 is 14.3 Å². The molecule has 27 heavy (non-hydrogen) atoms. The third kappa shape index (κ3) is 3.56. The number of nitrogens with zero attached hydrogens (tertiary/aromatic N) is 2. The molecule has 1 saturated heterocycles. The number of ketones is 1. The molecule has 0 saturated carbocycles. The molecule has 0 radical (unpaired) electrons. The van der Waals surface area contributed by atoms with Gasteiger partial charge in [0.2, 0.25) is 0 Å². The zero-order chi connectivity index (χ0) is 18.8. The van der Waals surface area contributed by atoms with Crippen molar-refractivity contribution in [3.63, 3.8) is 0 Å². The van der Waals surface area contributed by atoms with Crippen molar-refractivity contribution >= 4 is 22.6 Å². The van der Waals surface area contributed by atoms with E-state index in [4.69, 9.17) is 4.74 Å². The molecular formula is C21H21N3O3. The summed E-state index contributed by atoms with van der Waals surface area (Å²) in [4.78, 5) is 34.2. The van der Waals surface area contributed by atoms with Gasteiger partial charge in [0.15, 0.2) is 0 Å². The van der Waals surface area contributed by atoms with E-state index in [0.29, 0.717) is 31.5 Å². The van der Waals surface area contributed by atoms with E-state index in [9.17, 15) is 9.59 Å². The first-order valence-corrected chi connectivity index (χ1v) is 9.11. The van der Waals surface area contributed by atoms with Crippen LogP contribution in [-0.2, 0) is 4.79 Å². The third-order valence-electron chi connectivity index (χ3n) is 4.94. The number of likely N-dealkylation sites (tertiary alicyclic amines) is 1. The van der Waals surface area contributed by atoms with E-state index in [2.05, 4.69) is 9.97 Å². The largest absolute Gasteiger partial charge is 0.489 e. The summed E-state index contributed by atoms with van der Waals surface area (Å²) in [5, 5.41) is 0.779.